The van der Waals surface area contributed by atoms with Crippen LogP contribution in [0.3, 0.4) is 0 Å². The van der Waals surface area contributed by atoms with E-state index in [4.69, 9.17) is 4.74 Å². The molecule has 1 N–H and O–H groups in total. The number of phenolic OH excluding ortho intramolecular Hbond substituents is 1. The Bertz CT molecular complexity index is 3920. The topological polar surface area (TPSA) is 29.5 Å². The lowest BCUT2D eigenvalue weighted by Crippen LogP contribution is -2.13. The van der Waals surface area contributed by atoms with E-state index in [0.29, 0.717) is 5.75 Å². The van der Waals surface area contributed by atoms with Crippen LogP contribution in [0.2, 0.25) is 0 Å². The largest absolute Gasteiger partial charge is 0.508 e. The highest BCUT2D eigenvalue weighted by Gasteiger charge is 2.34. The van der Waals surface area contributed by atoms with Crippen LogP contribution in [0.4, 0.5) is 0 Å². The molecule has 0 heterocycles. The Labute approximate surface area is 574 Å². The molecular formula is C88H92O2S4+4. The number of hydrogen-bond acceptors (Lipinski definition) is 2. The highest BCUT2D eigenvalue weighted by atomic mass is 32.2. The molecule has 12 aromatic rings. The molecule has 2 nitrogen and oxygen atoms in total. The van der Waals surface area contributed by atoms with E-state index < -0.39 is 0 Å². The molecule has 0 unspecified atom stereocenters. The zero-order valence-electron chi connectivity index (χ0n) is 57.0. The van der Waals surface area contributed by atoms with Gasteiger partial charge in [-0.3, -0.25) is 0 Å². The van der Waals surface area contributed by atoms with Crippen molar-refractivity contribution in [2.45, 2.75) is 158 Å². The van der Waals surface area contributed by atoms with Crippen molar-refractivity contribution in [2.75, 3.05) is 7.11 Å². The smallest absolute Gasteiger partial charge is 0.172 e. The fraction of sp³-hybridized carbons (Fsp3) is 0.182. The third kappa shape index (κ3) is 18.9. The predicted molar refractivity (Wildman–Crippen MR) is 404 cm³/mol. The summed E-state index contributed by atoms with van der Waals surface area (Å²) in [5, 5.41) is 9.48. The van der Waals surface area contributed by atoms with Crippen LogP contribution in [0, 0.1) is 20.8 Å². The first kappa shape index (κ1) is 70.0. The van der Waals surface area contributed by atoms with Gasteiger partial charge in [0, 0.05) is 11.1 Å². The molecule has 0 fully saturated rings. The molecule has 0 aliphatic rings. The molecule has 0 atom stereocenters. The molecule has 94 heavy (non-hydrogen) atoms. The molecule has 12 rings (SSSR count). The van der Waals surface area contributed by atoms with Crippen LogP contribution in [0.5, 0.6) is 11.5 Å². The predicted octanol–water partition coefficient (Wildman–Crippen LogP) is 23.7. The van der Waals surface area contributed by atoms with Crippen molar-refractivity contribution in [1.82, 2.24) is 0 Å². The lowest BCUT2D eigenvalue weighted by molar-refractivity contribution is 0.414. The first-order valence-corrected chi connectivity index (χ1v) is 37.2. The maximum atomic E-state index is 9.48. The lowest BCUT2D eigenvalue weighted by atomic mass is 9.87. The summed E-state index contributed by atoms with van der Waals surface area (Å²) in [7, 11) is 1.32. The number of benzene rings is 12. The zero-order valence-corrected chi connectivity index (χ0v) is 60.3. The van der Waals surface area contributed by atoms with E-state index in [9.17, 15) is 5.11 Å². The third-order valence-electron chi connectivity index (χ3n) is 15.9. The first-order valence-electron chi connectivity index (χ1n) is 32.3. The second-order valence-corrected chi connectivity index (χ2v) is 34.4. The van der Waals surface area contributed by atoms with Crippen molar-refractivity contribution < 1.29 is 9.84 Å². The number of hydrogen-bond donors (Lipinski definition) is 1. The van der Waals surface area contributed by atoms with Crippen molar-refractivity contribution in [3.63, 3.8) is 0 Å². The molecule has 0 aromatic heterocycles. The Hall–Kier alpha value is -8.36. The van der Waals surface area contributed by atoms with Gasteiger partial charge in [0.25, 0.3) is 0 Å². The van der Waals surface area contributed by atoms with E-state index in [0.717, 1.165) is 5.75 Å². The summed E-state index contributed by atoms with van der Waals surface area (Å²) in [5.41, 5.74) is 8.74. The zero-order chi connectivity index (χ0) is 66.8. The number of aryl methyl sites for hydroxylation is 3. The molecule has 0 saturated heterocycles. The average molecular weight is 1310 g/mol. The molecule has 0 saturated carbocycles. The first-order chi connectivity index (χ1) is 45.2. The molecule has 0 bridgehead atoms. The summed E-state index contributed by atoms with van der Waals surface area (Å²) in [6, 6.07) is 112. The van der Waals surface area contributed by atoms with Gasteiger partial charge in [-0.25, -0.2) is 0 Å². The van der Waals surface area contributed by atoms with Gasteiger partial charge in [-0.15, -0.1) is 0 Å². The van der Waals surface area contributed by atoms with Crippen molar-refractivity contribution in [3.8, 4) is 11.5 Å². The van der Waals surface area contributed by atoms with Crippen LogP contribution in [0.1, 0.15) is 95.7 Å². The molecule has 12 aromatic carbocycles. The second kappa shape index (κ2) is 32.7. The number of ether oxygens (including phenoxy) is 1. The van der Waals surface area contributed by atoms with Crippen molar-refractivity contribution in [1.29, 1.82) is 0 Å². The van der Waals surface area contributed by atoms with Gasteiger partial charge in [0.1, 0.15) is 11.5 Å². The summed E-state index contributed by atoms with van der Waals surface area (Å²) < 4.78 is 5.26. The molecule has 6 heteroatoms. The Balaban J connectivity index is 0.000000150. The summed E-state index contributed by atoms with van der Waals surface area (Å²) >= 11 is 0. The summed E-state index contributed by atoms with van der Waals surface area (Å²) in [5.74, 6) is 1.20. The van der Waals surface area contributed by atoms with E-state index in [1.54, 1.807) is 19.2 Å². The van der Waals surface area contributed by atoms with Crippen molar-refractivity contribution in [2.24, 2.45) is 0 Å². The van der Waals surface area contributed by atoms with Crippen LogP contribution in [0.25, 0.3) is 0 Å². The van der Waals surface area contributed by atoms with Crippen LogP contribution < -0.4 is 4.74 Å². The van der Waals surface area contributed by atoms with E-state index in [2.05, 4.69) is 350 Å². The third-order valence-corrected chi connectivity index (χ3v) is 25.1. The van der Waals surface area contributed by atoms with Gasteiger partial charge >= 0.3 is 0 Å². The summed E-state index contributed by atoms with van der Waals surface area (Å²) in [6.45, 7) is 27.1. The Kier molecular flexibility index (Phi) is 24.3. The monoisotopic (exact) mass is 1310 g/mol. The standard InChI is InChI=1S/C30H39S.C21H21S.C19H17OS.C18H14OS/c1-28(2,3)22-10-16-25(17-11-22)31(26-18-12-23(13-19-26)29(4,5)6)27-20-14-24(15-21-27)30(7,8)9;1-16-14-17(2)21(18(3)15-16)22(19-10-6-4-7-11-19)20-12-8-5-9-13-20;1-20-16-12-14-19(15-13-16)21(17-8-4-2-5-9-17)18-10-6-3-7-11-18;19-15-11-13-18(14-12-15)20(16-7-3-1-4-8-16)17-9-5-2-6-10-17/h10-21H,1-9H3;4-15H,1-3H3;2-15H,1H3;1-14H/q3*+1;/p+1. The minimum Gasteiger partial charge on any atom is -0.508 e. The maximum Gasteiger partial charge on any atom is 0.172 e. The van der Waals surface area contributed by atoms with Gasteiger partial charge in [0.05, 0.1) is 50.7 Å². The van der Waals surface area contributed by atoms with E-state index in [1.807, 2.05) is 36.4 Å². The van der Waals surface area contributed by atoms with Gasteiger partial charge in [-0.1, -0.05) is 226 Å². The minimum absolute atomic E-state index is 0.0460. The van der Waals surface area contributed by atoms with E-state index in [-0.39, 0.29) is 59.8 Å². The van der Waals surface area contributed by atoms with E-state index >= 15 is 0 Å². The second-order valence-electron chi connectivity index (χ2n) is 26.3. The lowest BCUT2D eigenvalue weighted by Gasteiger charge is -2.21. The molecule has 0 aliphatic carbocycles. The summed E-state index contributed by atoms with van der Waals surface area (Å²) in [6.07, 6.45) is 0. The molecular weight excluding hydrogens is 1220 g/mol. The van der Waals surface area contributed by atoms with Gasteiger partial charge in [0.2, 0.25) is 0 Å². The quantitative estimate of drug-likeness (QED) is 0.117. The number of methoxy groups -OCH3 is 1. The minimum atomic E-state index is -0.134. The van der Waals surface area contributed by atoms with Gasteiger partial charge in [-0.05, 0) is 211 Å². The highest BCUT2D eigenvalue weighted by molar-refractivity contribution is 7.98. The van der Waals surface area contributed by atoms with Crippen LogP contribution in [0.15, 0.2) is 374 Å². The average Bonchev–Trinajstić information content (AvgIpc) is 0.857. The Morgan fingerprint density at radius 1 is 0.255 bits per heavy atom. The number of rotatable bonds is 13. The van der Waals surface area contributed by atoms with Crippen molar-refractivity contribution in [3.05, 3.63) is 349 Å². The molecule has 0 spiro atoms. The Morgan fingerprint density at radius 2 is 0.457 bits per heavy atom. The molecule has 0 radical (unpaired) electrons. The molecule has 0 amide bonds. The fourth-order valence-electron chi connectivity index (χ4n) is 11.0. The highest BCUT2D eigenvalue weighted by Crippen LogP contribution is 2.39. The van der Waals surface area contributed by atoms with Gasteiger partial charge in [0.15, 0.2) is 58.7 Å². The maximum absolute atomic E-state index is 9.48. The fourth-order valence-corrected chi connectivity index (χ4v) is 19.6. The van der Waals surface area contributed by atoms with Crippen LogP contribution in [-0.4, -0.2) is 12.2 Å². The normalized spacial score (nSPS) is 11.5. The van der Waals surface area contributed by atoms with Gasteiger partial charge < -0.3 is 9.84 Å². The van der Waals surface area contributed by atoms with Crippen molar-refractivity contribution >= 4 is 43.6 Å². The van der Waals surface area contributed by atoms with Crippen LogP contribution in [-0.2, 0) is 59.8 Å². The molecule has 476 valence electrons. The summed E-state index contributed by atoms with van der Waals surface area (Å²) in [4.78, 5) is 16.1. The van der Waals surface area contributed by atoms with Crippen LogP contribution >= 0.6 is 0 Å². The van der Waals surface area contributed by atoms with Gasteiger partial charge in [-0.2, -0.15) is 0 Å². The number of phenols is 1. The Morgan fingerprint density at radius 3 is 0.681 bits per heavy atom. The SMILES string of the molecule is CC(C)(C)c1ccc([S+](c2ccc(C(C)(C)C)cc2)c2ccc(C(C)(C)C)cc2)cc1.COc1ccc([S+](c2ccccc2)c2ccccc2)cc1.Cc1cc(C)c([S+](c2ccccc2)c2ccccc2)c(C)c1.Oc1ccc([S+](c2ccccc2)c2ccccc2)cc1. The number of aromatic hydroxyl groups is 1. The molecule has 0 aliphatic heterocycles. The van der Waals surface area contributed by atoms with E-state index in [1.165, 1.54) is 92.1 Å².